The summed E-state index contributed by atoms with van der Waals surface area (Å²) < 4.78 is 0. The van der Waals surface area contributed by atoms with Gasteiger partial charge in [-0.05, 0) is 12.1 Å². The number of rotatable bonds is 3. The average molecular weight is 226 g/mol. The minimum absolute atomic E-state index is 0.633. The molecule has 0 aliphatic heterocycles. The van der Waals surface area contributed by atoms with Crippen LogP contribution < -0.4 is 5.32 Å². The zero-order chi connectivity index (χ0) is 11.5. The molecule has 17 heavy (non-hydrogen) atoms. The van der Waals surface area contributed by atoms with Gasteiger partial charge in [-0.2, -0.15) is 5.10 Å². The van der Waals surface area contributed by atoms with Gasteiger partial charge in [-0.3, -0.25) is 10.1 Å². The third kappa shape index (κ3) is 1.92. The van der Waals surface area contributed by atoms with E-state index < -0.39 is 0 Å². The van der Waals surface area contributed by atoms with Gasteiger partial charge in [-0.15, -0.1) is 0 Å². The Morgan fingerprint density at radius 2 is 2.18 bits per heavy atom. The van der Waals surface area contributed by atoms with Crippen molar-refractivity contribution < 1.29 is 0 Å². The lowest BCUT2D eigenvalue weighted by atomic mass is 10.3. The van der Waals surface area contributed by atoms with Crippen molar-refractivity contribution >= 4 is 16.7 Å². The Morgan fingerprint density at radius 3 is 3.06 bits per heavy atom. The first-order valence-electron chi connectivity index (χ1n) is 5.21. The van der Waals surface area contributed by atoms with E-state index in [-0.39, 0.29) is 0 Å². The van der Waals surface area contributed by atoms with E-state index in [4.69, 9.17) is 0 Å². The first-order chi connectivity index (χ1) is 8.43. The fraction of sp³-hybridized carbons (Fsp3) is 0.0909. The third-order valence-electron chi connectivity index (χ3n) is 2.43. The maximum Gasteiger partial charge on any atom is 0.134 e. The Hall–Kier alpha value is -2.50. The van der Waals surface area contributed by atoms with Gasteiger partial charge in [0.25, 0.3) is 0 Å². The Balaban J connectivity index is 1.84. The molecule has 0 bridgehead atoms. The molecule has 0 saturated carbocycles. The number of hydrogen-bond donors (Lipinski definition) is 2. The van der Waals surface area contributed by atoms with Crippen LogP contribution in [0, 0.1) is 0 Å². The minimum Gasteiger partial charge on any atom is -0.377 e. The van der Waals surface area contributed by atoms with Crippen molar-refractivity contribution in [3.05, 3.63) is 42.7 Å². The standard InChI is InChI=1S/C11H10N6/c1-3-12-7-15-8(1)5-14-9-2-4-13-10-6-16-17-11(9)10/h1-4,6-7H,5H2,(H,13,14)(H,16,17). The fourth-order valence-electron chi connectivity index (χ4n) is 1.60. The number of fused-ring (bicyclic) bond motifs is 1. The molecule has 0 saturated heterocycles. The average Bonchev–Trinajstić information content (AvgIpc) is 2.86. The maximum absolute atomic E-state index is 4.20. The number of aromatic nitrogens is 5. The quantitative estimate of drug-likeness (QED) is 0.705. The number of nitrogens with zero attached hydrogens (tertiary/aromatic N) is 4. The van der Waals surface area contributed by atoms with Gasteiger partial charge in [0.15, 0.2) is 0 Å². The van der Waals surface area contributed by atoms with Gasteiger partial charge in [0.2, 0.25) is 0 Å². The molecule has 0 aliphatic carbocycles. The summed E-state index contributed by atoms with van der Waals surface area (Å²) in [6, 6.07) is 3.76. The molecule has 0 amide bonds. The molecule has 0 aliphatic rings. The predicted molar refractivity (Wildman–Crippen MR) is 63.2 cm³/mol. The molecule has 0 unspecified atom stereocenters. The smallest absolute Gasteiger partial charge is 0.134 e. The molecule has 84 valence electrons. The predicted octanol–water partition coefficient (Wildman–Crippen LogP) is 1.36. The van der Waals surface area contributed by atoms with Crippen LogP contribution in [0.1, 0.15) is 5.69 Å². The minimum atomic E-state index is 0.633. The van der Waals surface area contributed by atoms with Gasteiger partial charge in [0.05, 0.1) is 17.9 Å². The van der Waals surface area contributed by atoms with Crippen molar-refractivity contribution in [1.82, 2.24) is 25.1 Å². The van der Waals surface area contributed by atoms with Crippen molar-refractivity contribution in [3.63, 3.8) is 0 Å². The molecular weight excluding hydrogens is 216 g/mol. The highest BCUT2D eigenvalue weighted by Gasteiger charge is 2.03. The summed E-state index contributed by atoms with van der Waals surface area (Å²) >= 11 is 0. The molecule has 3 aromatic rings. The molecular formula is C11H10N6. The van der Waals surface area contributed by atoms with E-state index in [1.807, 2.05) is 12.1 Å². The lowest BCUT2D eigenvalue weighted by Gasteiger charge is -2.05. The summed E-state index contributed by atoms with van der Waals surface area (Å²) in [5, 5.41) is 10.2. The zero-order valence-electron chi connectivity index (χ0n) is 8.96. The van der Waals surface area contributed by atoms with Crippen LogP contribution in [0.3, 0.4) is 0 Å². The van der Waals surface area contributed by atoms with Crippen molar-refractivity contribution in [1.29, 1.82) is 0 Å². The number of nitrogens with one attached hydrogen (secondary N) is 2. The fourth-order valence-corrected chi connectivity index (χ4v) is 1.60. The topological polar surface area (TPSA) is 79.4 Å². The highest BCUT2D eigenvalue weighted by molar-refractivity contribution is 5.86. The van der Waals surface area contributed by atoms with E-state index in [0.717, 1.165) is 22.4 Å². The summed E-state index contributed by atoms with van der Waals surface area (Å²) in [5.41, 5.74) is 3.55. The number of hydrogen-bond acceptors (Lipinski definition) is 5. The third-order valence-corrected chi connectivity index (χ3v) is 2.43. The van der Waals surface area contributed by atoms with Gasteiger partial charge >= 0.3 is 0 Å². The van der Waals surface area contributed by atoms with Crippen LogP contribution in [0.2, 0.25) is 0 Å². The van der Waals surface area contributed by atoms with Gasteiger partial charge in [-0.1, -0.05) is 0 Å². The second-order valence-corrected chi connectivity index (χ2v) is 3.53. The second-order valence-electron chi connectivity index (χ2n) is 3.53. The summed E-state index contributed by atoms with van der Waals surface area (Å²) in [5.74, 6) is 0. The highest BCUT2D eigenvalue weighted by atomic mass is 15.1. The summed E-state index contributed by atoms with van der Waals surface area (Å²) in [7, 11) is 0. The molecule has 6 nitrogen and oxygen atoms in total. The lowest BCUT2D eigenvalue weighted by Crippen LogP contribution is -2.02. The molecule has 3 heterocycles. The molecule has 0 radical (unpaired) electrons. The Kier molecular flexibility index (Phi) is 2.38. The first-order valence-corrected chi connectivity index (χ1v) is 5.21. The van der Waals surface area contributed by atoms with Crippen molar-refractivity contribution in [2.75, 3.05) is 5.32 Å². The lowest BCUT2D eigenvalue weighted by molar-refractivity contribution is 1.01. The van der Waals surface area contributed by atoms with Crippen LogP contribution in [0.25, 0.3) is 11.0 Å². The molecule has 0 fully saturated rings. The van der Waals surface area contributed by atoms with E-state index >= 15 is 0 Å². The molecule has 6 heteroatoms. The van der Waals surface area contributed by atoms with Gasteiger partial charge in [0, 0.05) is 18.6 Å². The van der Waals surface area contributed by atoms with Crippen LogP contribution in [0.15, 0.2) is 37.1 Å². The van der Waals surface area contributed by atoms with Crippen molar-refractivity contribution in [2.45, 2.75) is 6.54 Å². The number of aromatic amines is 1. The monoisotopic (exact) mass is 226 g/mol. The largest absolute Gasteiger partial charge is 0.377 e. The van der Waals surface area contributed by atoms with E-state index in [2.05, 4.69) is 30.5 Å². The van der Waals surface area contributed by atoms with Crippen LogP contribution in [-0.4, -0.2) is 25.1 Å². The summed E-state index contributed by atoms with van der Waals surface area (Å²) in [6.45, 7) is 0.633. The van der Waals surface area contributed by atoms with E-state index in [0.29, 0.717) is 6.54 Å². The SMILES string of the molecule is c1cc(CNc2ccnc3c[nH]nc23)ncn1. The second kappa shape index (κ2) is 4.17. The van der Waals surface area contributed by atoms with E-state index in [9.17, 15) is 0 Å². The van der Waals surface area contributed by atoms with Gasteiger partial charge in [-0.25, -0.2) is 9.97 Å². The molecule has 0 aromatic carbocycles. The summed E-state index contributed by atoms with van der Waals surface area (Å²) in [6.07, 6.45) is 6.78. The van der Waals surface area contributed by atoms with Crippen molar-refractivity contribution in [2.24, 2.45) is 0 Å². The van der Waals surface area contributed by atoms with E-state index in [1.165, 1.54) is 6.33 Å². The first kappa shape index (κ1) is 9.71. The normalized spacial score (nSPS) is 10.6. The molecule has 0 spiro atoms. The number of pyridine rings is 1. The molecule has 3 aromatic heterocycles. The Labute approximate surface area is 97.1 Å². The molecule has 0 atom stereocenters. The zero-order valence-corrected chi connectivity index (χ0v) is 8.96. The maximum atomic E-state index is 4.20. The van der Waals surface area contributed by atoms with Crippen LogP contribution in [0.5, 0.6) is 0 Å². The highest BCUT2D eigenvalue weighted by Crippen LogP contribution is 2.18. The van der Waals surface area contributed by atoms with Gasteiger partial charge < -0.3 is 5.32 Å². The molecule has 2 N–H and O–H groups in total. The Bertz CT molecular complexity index is 618. The number of anilines is 1. The molecule has 3 rings (SSSR count). The van der Waals surface area contributed by atoms with Crippen LogP contribution in [-0.2, 0) is 6.54 Å². The van der Waals surface area contributed by atoms with Crippen LogP contribution in [0.4, 0.5) is 5.69 Å². The summed E-state index contributed by atoms with van der Waals surface area (Å²) in [4.78, 5) is 12.2. The Morgan fingerprint density at radius 1 is 1.18 bits per heavy atom. The van der Waals surface area contributed by atoms with Gasteiger partial charge in [0.1, 0.15) is 17.4 Å². The van der Waals surface area contributed by atoms with E-state index in [1.54, 1.807) is 18.6 Å². The van der Waals surface area contributed by atoms with Crippen LogP contribution >= 0.6 is 0 Å². The number of H-pyrrole nitrogens is 1. The van der Waals surface area contributed by atoms with Crippen molar-refractivity contribution in [3.8, 4) is 0 Å².